The molecule has 0 aliphatic heterocycles. The van der Waals surface area contributed by atoms with Crippen LogP contribution < -0.4 is 15.6 Å². The zero-order valence-corrected chi connectivity index (χ0v) is 17.7. The second kappa shape index (κ2) is 10.3. The Morgan fingerprint density at radius 3 is 2.12 bits per heavy atom. The Bertz CT molecular complexity index is 1220. The van der Waals surface area contributed by atoms with Crippen LogP contribution in [0.2, 0.25) is 0 Å². The van der Waals surface area contributed by atoms with Crippen LogP contribution >= 0.6 is 0 Å². The van der Waals surface area contributed by atoms with Gasteiger partial charge in [-0.25, -0.2) is 0 Å². The summed E-state index contributed by atoms with van der Waals surface area (Å²) in [7, 11) is 0. The summed E-state index contributed by atoms with van der Waals surface area (Å²) in [5, 5.41) is 11.3. The molecule has 160 valence electrons. The number of hydrogen-bond donors (Lipinski definition) is 2. The van der Waals surface area contributed by atoms with E-state index in [2.05, 4.69) is 5.32 Å². The van der Waals surface area contributed by atoms with E-state index < -0.39 is 0 Å². The molecule has 1 heterocycles. The summed E-state index contributed by atoms with van der Waals surface area (Å²) in [6, 6.07) is 31.1. The first-order chi connectivity index (χ1) is 15.7. The minimum absolute atomic E-state index is 0.123. The van der Waals surface area contributed by atoms with Gasteiger partial charge in [-0.05, 0) is 41.0 Å². The van der Waals surface area contributed by atoms with Crippen LogP contribution in [0.3, 0.4) is 0 Å². The Morgan fingerprint density at radius 2 is 1.44 bits per heavy atom. The van der Waals surface area contributed by atoms with Crippen LogP contribution in [-0.4, -0.2) is 10.4 Å². The molecule has 0 radical (unpaired) electrons. The summed E-state index contributed by atoms with van der Waals surface area (Å²) >= 11 is 0. The predicted octanol–water partition coefficient (Wildman–Crippen LogP) is 4.59. The number of pyridine rings is 1. The number of rotatable bonds is 8. The van der Waals surface area contributed by atoms with Gasteiger partial charge in [-0.1, -0.05) is 72.8 Å². The lowest BCUT2D eigenvalue weighted by Crippen LogP contribution is -2.32. The number of ether oxygens (including phenoxy) is 1. The fourth-order valence-electron chi connectivity index (χ4n) is 3.36. The van der Waals surface area contributed by atoms with Crippen molar-refractivity contribution in [1.29, 1.82) is 5.41 Å². The van der Waals surface area contributed by atoms with Crippen LogP contribution in [0.5, 0.6) is 5.75 Å². The molecule has 0 atom stereocenters. The van der Waals surface area contributed by atoms with Gasteiger partial charge in [-0.3, -0.25) is 10.2 Å². The van der Waals surface area contributed by atoms with Crippen molar-refractivity contribution in [2.75, 3.05) is 0 Å². The Labute approximate surface area is 187 Å². The molecule has 0 unspecified atom stereocenters. The Hall–Kier alpha value is -4.12. The molecule has 0 fully saturated rings. The number of amidine groups is 1. The largest absolute Gasteiger partial charge is 0.489 e. The van der Waals surface area contributed by atoms with E-state index in [1.807, 2.05) is 84.9 Å². The van der Waals surface area contributed by atoms with Crippen LogP contribution in [0.1, 0.15) is 22.3 Å². The highest BCUT2D eigenvalue weighted by Gasteiger charge is 2.09. The zero-order valence-electron chi connectivity index (χ0n) is 17.7. The third kappa shape index (κ3) is 5.52. The molecule has 0 aliphatic carbocycles. The molecule has 0 saturated heterocycles. The third-order valence-electron chi connectivity index (χ3n) is 5.13. The van der Waals surface area contributed by atoms with E-state index in [1.54, 1.807) is 22.9 Å². The van der Waals surface area contributed by atoms with Gasteiger partial charge in [0, 0.05) is 12.7 Å². The van der Waals surface area contributed by atoms with E-state index in [0.717, 1.165) is 22.4 Å². The molecule has 2 N–H and O–H groups in total. The minimum Gasteiger partial charge on any atom is -0.489 e. The van der Waals surface area contributed by atoms with Gasteiger partial charge >= 0.3 is 0 Å². The van der Waals surface area contributed by atoms with E-state index in [-0.39, 0.29) is 11.4 Å². The summed E-state index contributed by atoms with van der Waals surface area (Å²) in [5.41, 5.74) is 3.32. The fourth-order valence-corrected chi connectivity index (χ4v) is 3.36. The number of hydrogen-bond acceptors (Lipinski definition) is 3. The lowest BCUT2D eigenvalue weighted by atomic mass is 10.2. The van der Waals surface area contributed by atoms with E-state index >= 15 is 0 Å². The maximum atomic E-state index is 12.9. The van der Waals surface area contributed by atoms with Crippen LogP contribution in [0.15, 0.2) is 108 Å². The Kier molecular flexibility index (Phi) is 6.78. The lowest BCUT2D eigenvalue weighted by Gasteiger charge is -2.11. The van der Waals surface area contributed by atoms with Crippen molar-refractivity contribution in [2.45, 2.75) is 19.7 Å². The number of nitrogens with one attached hydrogen (secondary N) is 2. The van der Waals surface area contributed by atoms with Crippen LogP contribution in [0.4, 0.5) is 0 Å². The van der Waals surface area contributed by atoms with Gasteiger partial charge in [-0.15, -0.1) is 0 Å². The van der Waals surface area contributed by atoms with Crippen LogP contribution in [0, 0.1) is 5.41 Å². The minimum atomic E-state index is -0.192. The molecule has 0 amide bonds. The van der Waals surface area contributed by atoms with Crippen molar-refractivity contribution in [1.82, 2.24) is 9.88 Å². The molecule has 0 saturated carbocycles. The van der Waals surface area contributed by atoms with E-state index in [0.29, 0.717) is 25.3 Å². The van der Waals surface area contributed by atoms with E-state index in [9.17, 15) is 4.79 Å². The summed E-state index contributed by atoms with van der Waals surface area (Å²) in [5.74, 6) is 0.906. The Balaban J connectivity index is 1.38. The number of benzene rings is 3. The van der Waals surface area contributed by atoms with Crippen molar-refractivity contribution in [2.24, 2.45) is 0 Å². The van der Waals surface area contributed by atoms with E-state index in [1.165, 1.54) is 0 Å². The molecule has 4 aromatic rings. The van der Waals surface area contributed by atoms with Gasteiger partial charge in [-0.2, -0.15) is 0 Å². The van der Waals surface area contributed by atoms with Gasteiger partial charge in [0.2, 0.25) is 0 Å². The highest BCUT2D eigenvalue weighted by molar-refractivity contribution is 5.95. The average molecular weight is 424 g/mol. The van der Waals surface area contributed by atoms with Crippen molar-refractivity contribution in [3.63, 3.8) is 0 Å². The molecule has 0 aliphatic rings. The first-order valence-corrected chi connectivity index (χ1v) is 10.5. The van der Waals surface area contributed by atoms with Gasteiger partial charge in [0.25, 0.3) is 5.56 Å². The summed E-state index contributed by atoms with van der Waals surface area (Å²) in [6.45, 7) is 1.44. The van der Waals surface area contributed by atoms with Gasteiger partial charge in [0.05, 0.1) is 12.1 Å². The summed E-state index contributed by atoms with van der Waals surface area (Å²) in [4.78, 5) is 12.9. The predicted molar refractivity (Wildman–Crippen MR) is 127 cm³/mol. The first kappa shape index (κ1) is 21.1. The highest BCUT2D eigenvalue weighted by Crippen LogP contribution is 2.15. The molecule has 5 nitrogen and oxygen atoms in total. The number of nitrogens with zero attached hydrogens (tertiary/aromatic N) is 1. The zero-order chi connectivity index (χ0) is 22.2. The van der Waals surface area contributed by atoms with Crippen molar-refractivity contribution in [3.05, 3.63) is 136 Å². The van der Waals surface area contributed by atoms with Gasteiger partial charge in [0.1, 0.15) is 18.2 Å². The summed E-state index contributed by atoms with van der Waals surface area (Å²) < 4.78 is 7.45. The van der Waals surface area contributed by atoms with Crippen molar-refractivity contribution < 1.29 is 4.74 Å². The normalized spacial score (nSPS) is 10.5. The third-order valence-corrected chi connectivity index (χ3v) is 5.13. The molecule has 3 aromatic carbocycles. The van der Waals surface area contributed by atoms with Crippen LogP contribution in [0.25, 0.3) is 0 Å². The molecule has 1 aromatic heterocycles. The second-order valence-corrected chi connectivity index (χ2v) is 7.49. The highest BCUT2D eigenvalue weighted by atomic mass is 16.5. The van der Waals surface area contributed by atoms with Crippen LogP contribution in [-0.2, 0) is 19.7 Å². The average Bonchev–Trinajstić information content (AvgIpc) is 2.85. The molecule has 0 bridgehead atoms. The van der Waals surface area contributed by atoms with Crippen molar-refractivity contribution in [3.8, 4) is 5.75 Å². The maximum absolute atomic E-state index is 12.9. The molecular weight excluding hydrogens is 398 g/mol. The molecule has 4 rings (SSSR count). The van der Waals surface area contributed by atoms with Gasteiger partial charge in [0.15, 0.2) is 0 Å². The smallest absolute Gasteiger partial charge is 0.261 e. The second-order valence-electron chi connectivity index (χ2n) is 7.49. The quantitative estimate of drug-likeness (QED) is 0.322. The molecule has 5 heteroatoms. The standard InChI is InChI=1S/C27H25N3O2/c28-26(29-18-21-8-3-1-4-9-21)25-12-7-17-30(27(25)31)19-22-13-15-24(16-14-22)32-20-23-10-5-2-6-11-23/h1-17H,18-20H2,(H2,28,29). The SMILES string of the molecule is N=C(NCc1ccccc1)c1cccn(Cc2ccc(OCc3ccccc3)cc2)c1=O. The van der Waals surface area contributed by atoms with Gasteiger partial charge < -0.3 is 14.6 Å². The molecule has 32 heavy (non-hydrogen) atoms. The fraction of sp³-hybridized carbons (Fsp3) is 0.111. The van der Waals surface area contributed by atoms with E-state index in [4.69, 9.17) is 10.1 Å². The topological polar surface area (TPSA) is 67.1 Å². The maximum Gasteiger partial charge on any atom is 0.261 e. The van der Waals surface area contributed by atoms with Crippen molar-refractivity contribution >= 4 is 5.84 Å². The summed E-state index contributed by atoms with van der Waals surface area (Å²) in [6.07, 6.45) is 1.75. The molecule has 0 spiro atoms. The Morgan fingerprint density at radius 1 is 0.781 bits per heavy atom. The first-order valence-electron chi connectivity index (χ1n) is 10.5. The monoisotopic (exact) mass is 423 g/mol. The lowest BCUT2D eigenvalue weighted by molar-refractivity contribution is 0.306. The number of aromatic nitrogens is 1. The molecular formula is C27H25N3O2.